The Morgan fingerprint density at radius 2 is 1.04 bits per heavy atom. The minimum Gasteiger partial charge on any atom is -0.381 e. The van der Waals surface area contributed by atoms with Gasteiger partial charge in [0, 0.05) is 49.3 Å². The summed E-state index contributed by atoms with van der Waals surface area (Å²) in [4.78, 5) is 8.68. The summed E-state index contributed by atoms with van der Waals surface area (Å²) in [5.41, 5.74) is 8.62. The molecule has 4 rings (SSSR count). The van der Waals surface area contributed by atoms with E-state index in [1.807, 2.05) is 52.0 Å². The lowest BCUT2D eigenvalue weighted by atomic mass is 10.0. The maximum Gasteiger partial charge on any atom is 0.274 e. The largest absolute Gasteiger partial charge is 0.381 e. The third kappa shape index (κ3) is 12.5. The van der Waals surface area contributed by atoms with Crippen LogP contribution in [0.2, 0.25) is 0 Å². The zero-order valence-corrected chi connectivity index (χ0v) is 30.4. The van der Waals surface area contributed by atoms with Gasteiger partial charge in [-0.3, -0.25) is 9.97 Å². The fourth-order valence-corrected chi connectivity index (χ4v) is 5.53. The van der Waals surface area contributed by atoms with Gasteiger partial charge in [-0.25, -0.2) is 23.0 Å². The van der Waals surface area contributed by atoms with E-state index >= 15 is 0 Å². The highest BCUT2D eigenvalue weighted by molar-refractivity contribution is 7.88. The number of nitrogens with one attached hydrogen (secondary N) is 4. The maximum absolute atomic E-state index is 10.9. The highest BCUT2D eigenvalue weighted by Gasteiger charge is 2.11. The van der Waals surface area contributed by atoms with Crippen molar-refractivity contribution in [2.75, 3.05) is 69.5 Å². The van der Waals surface area contributed by atoms with Gasteiger partial charge in [0.25, 0.3) is 10.2 Å². The summed E-state index contributed by atoms with van der Waals surface area (Å²) < 4.78 is 58.5. The quantitative estimate of drug-likeness (QED) is 0.105. The molecule has 6 N–H and O–H groups in total. The summed E-state index contributed by atoms with van der Waals surface area (Å²) in [6.45, 7) is 10.6. The second kappa shape index (κ2) is 18.5. The third-order valence-electron chi connectivity index (χ3n) is 7.46. The molecule has 0 aliphatic carbocycles. The van der Waals surface area contributed by atoms with E-state index in [-0.39, 0.29) is 26.3 Å². The molecule has 2 aromatic carbocycles. The Bertz CT molecular complexity index is 1960. The number of hydrogen-bond donors (Lipinski definition) is 5. The van der Waals surface area contributed by atoms with Gasteiger partial charge in [-0.15, -0.1) is 0 Å². The van der Waals surface area contributed by atoms with Crippen LogP contribution in [0, 0.1) is 50.4 Å². The van der Waals surface area contributed by atoms with Crippen molar-refractivity contribution in [2.45, 2.75) is 27.7 Å². The highest BCUT2D eigenvalue weighted by Crippen LogP contribution is 2.29. The smallest absolute Gasteiger partial charge is 0.274 e. The molecule has 268 valence electrons. The fraction of sp³-hybridized carbons (Fsp3) is 0.394. The van der Waals surface area contributed by atoms with Gasteiger partial charge in [-0.1, -0.05) is 0 Å². The number of nitrogens with two attached hydrogens (primary N) is 1. The van der Waals surface area contributed by atoms with Crippen LogP contribution in [0.1, 0.15) is 33.4 Å². The number of hydrogen-bond acceptors (Lipinski definition) is 12. The third-order valence-corrected chi connectivity index (χ3v) is 8.80. The van der Waals surface area contributed by atoms with Gasteiger partial charge in [0.1, 0.15) is 12.1 Å². The Morgan fingerprint density at radius 1 is 0.660 bits per heavy atom. The van der Waals surface area contributed by atoms with E-state index in [9.17, 15) is 27.4 Å². The topological polar surface area (TPSA) is 234 Å². The number of nitriles is 2. The zero-order valence-electron chi connectivity index (χ0n) is 28.8. The summed E-state index contributed by atoms with van der Waals surface area (Å²) >= 11 is 0. The number of rotatable bonds is 16. The van der Waals surface area contributed by atoms with Crippen molar-refractivity contribution in [3.8, 4) is 12.1 Å². The number of ether oxygens (including phenoxy) is 2. The molecular formula is C33H43N9O6S2. The molecule has 0 spiro atoms. The second-order valence-electron chi connectivity index (χ2n) is 11.4. The van der Waals surface area contributed by atoms with Crippen molar-refractivity contribution >= 4 is 53.4 Å². The molecule has 50 heavy (non-hydrogen) atoms. The van der Waals surface area contributed by atoms with Gasteiger partial charge >= 0.3 is 0 Å². The predicted octanol–water partition coefficient (Wildman–Crippen LogP) is 2.65. The van der Waals surface area contributed by atoms with Crippen molar-refractivity contribution in [1.82, 2.24) is 19.4 Å². The Labute approximate surface area is 293 Å². The van der Waals surface area contributed by atoms with E-state index in [1.54, 1.807) is 12.4 Å². The predicted molar refractivity (Wildman–Crippen MR) is 194 cm³/mol. The fourth-order valence-electron chi connectivity index (χ4n) is 4.71. The molecule has 0 amide bonds. The highest BCUT2D eigenvalue weighted by atomic mass is 32.2. The van der Waals surface area contributed by atoms with Crippen LogP contribution >= 0.6 is 0 Å². The first-order valence-electron chi connectivity index (χ1n) is 15.6. The molecule has 2 heterocycles. The lowest BCUT2D eigenvalue weighted by molar-refractivity contribution is 0.149. The number of anilines is 2. The standard InChI is InChI=1S/C17H22N4O3S.C16H21N5O3S/c1-12-8-15-16(9-13(12)2)20-11-14(10-18)17(15)19-4-6-24-7-5-21-25(3,22)23;1-11-7-14-15(8-12(11)2)20-10-13(9-17)16(14)19-3-5-24-6-4-21-25(18,22)23/h8-9,11,21H,4-7H2,1-3H3,(H,19,20);7-8,10,21H,3-6H2,1-2H3,(H,19,20)(H2,18,22,23). The van der Waals surface area contributed by atoms with Gasteiger partial charge in [-0.2, -0.15) is 18.9 Å². The van der Waals surface area contributed by atoms with E-state index in [1.165, 1.54) is 0 Å². The Balaban J connectivity index is 0.000000270. The number of nitrogens with zero attached hydrogens (tertiary/aromatic N) is 4. The second-order valence-corrected chi connectivity index (χ2v) is 14.6. The van der Waals surface area contributed by atoms with Crippen LogP contribution in [0.4, 0.5) is 11.4 Å². The summed E-state index contributed by atoms with van der Waals surface area (Å²) in [5, 5.41) is 31.7. The van der Waals surface area contributed by atoms with E-state index < -0.39 is 20.2 Å². The normalized spacial score (nSPS) is 11.4. The average molecular weight is 726 g/mol. The Kier molecular flexibility index (Phi) is 14.8. The molecule has 0 saturated heterocycles. The number of fused-ring (bicyclic) bond motifs is 2. The van der Waals surface area contributed by atoms with Gasteiger partial charge < -0.3 is 20.1 Å². The number of aromatic nitrogens is 2. The zero-order chi connectivity index (χ0) is 36.9. The first-order chi connectivity index (χ1) is 23.6. The molecule has 17 heteroatoms. The molecular weight excluding hydrogens is 683 g/mol. The molecule has 0 bridgehead atoms. The van der Waals surface area contributed by atoms with E-state index in [2.05, 4.69) is 42.2 Å². The summed E-state index contributed by atoms with van der Waals surface area (Å²) in [6.07, 6.45) is 4.23. The van der Waals surface area contributed by atoms with Gasteiger partial charge in [0.15, 0.2) is 0 Å². The number of benzene rings is 2. The Morgan fingerprint density at radius 3 is 1.42 bits per heavy atom. The van der Waals surface area contributed by atoms with Gasteiger partial charge in [0.05, 0.1) is 66.2 Å². The van der Waals surface area contributed by atoms with Gasteiger partial charge in [-0.05, 0) is 74.2 Å². The van der Waals surface area contributed by atoms with E-state index in [0.717, 1.165) is 61.7 Å². The number of aryl methyl sites for hydroxylation is 4. The first-order valence-corrected chi connectivity index (χ1v) is 19.0. The van der Waals surface area contributed by atoms with Crippen molar-refractivity contribution in [1.29, 1.82) is 10.5 Å². The molecule has 0 fully saturated rings. The summed E-state index contributed by atoms with van der Waals surface area (Å²) in [7, 11) is -6.88. The average Bonchev–Trinajstić information content (AvgIpc) is 3.04. The lowest BCUT2D eigenvalue weighted by Crippen LogP contribution is -2.33. The molecule has 0 aliphatic rings. The molecule has 0 atom stereocenters. The minimum atomic E-state index is -3.69. The van der Waals surface area contributed by atoms with Crippen LogP contribution in [-0.2, 0) is 29.7 Å². The van der Waals surface area contributed by atoms with Crippen LogP contribution in [-0.4, -0.2) is 85.7 Å². The van der Waals surface area contributed by atoms with E-state index in [4.69, 9.17) is 14.6 Å². The van der Waals surface area contributed by atoms with E-state index in [0.29, 0.717) is 37.4 Å². The minimum absolute atomic E-state index is 0.110. The van der Waals surface area contributed by atoms with Crippen LogP contribution in [0.3, 0.4) is 0 Å². The monoisotopic (exact) mass is 725 g/mol. The van der Waals surface area contributed by atoms with Crippen molar-refractivity contribution in [3.05, 3.63) is 70.0 Å². The molecule has 2 aromatic heterocycles. The van der Waals surface area contributed by atoms with Crippen LogP contribution < -0.4 is 25.2 Å². The molecule has 0 radical (unpaired) electrons. The first kappa shape index (κ1) is 40.0. The molecule has 4 aromatic rings. The maximum atomic E-state index is 10.9. The number of pyridine rings is 2. The van der Waals surface area contributed by atoms with Crippen LogP contribution in [0.25, 0.3) is 21.8 Å². The SMILES string of the molecule is Cc1cc2ncc(C#N)c(NCCOCCNS(C)(=O)=O)c2cc1C.Cc1cc2ncc(C#N)c(NCCOCCNS(N)(=O)=O)c2cc1C. The van der Waals surface area contributed by atoms with Crippen molar-refractivity contribution in [3.63, 3.8) is 0 Å². The molecule has 0 aliphatic heterocycles. The van der Waals surface area contributed by atoms with Crippen molar-refractivity contribution in [2.24, 2.45) is 5.14 Å². The number of sulfonamides is 1. The lowest BCUT2D eigenvalue weighted by Gasteiger charge is -2.13. The summed E-state index contributed by atoms with van der Waals surface area (Å²) in [6, 6.07) is 12.3. The van der Waals surface area contributed by atoms with Gasteiger partial charge in [0.2, 0.25) is 10.0 Å². The molecule has 15 nitrogen and oxygen atoms in total. The Hall–Kier alpha value is -4.46. The summed E-state index contributed by atoms with van der Waals surface area (Å²) in [5.74, 6) is 0. The van der Waals surface area contributed by atoms with Crippen molar-refractivity contribution < 1.29 is 26.3 Å². The van der Waals surface area contributed by atoms with Crippen LogP contribution in [0.15, 0.2) is 36.7 Å². The molecule has 0 saturated carbocycles. The van der Waals surface area contributed by atoms with Crippen LogP contribution in [0.5, 0.6) is 0 Å². The molecule has 0 unspecified atom stereocenters.